The molecule has 0 spiro atoms. The maximum Gasteiger partial charge on any atom is 0.287 e. The number of carbonyl (C=O) groups excluding carboxylic acids is 1. The molecule has 21 heavy (non-hydrogen) atoms. The molecule has 1 unspecified atom stereocenters. The van der Waals surface area contributed by atoms with E-state index in [0.717, 1.165) is 30.8 Å². The molecule has 0 radical (unpaired) electrons. The van der Waals surface area contributed by atoms with Gasteiger partial charge in [0, 0.05) is 18.2 Å². The Morgan fingerprint density at radius 1 is 1.33 bits per heavy atom. The number of hydrogen-bond acceptors (Lipinski definition) is 4. The van der Waals surface area contributed by atoms with Gasteiger partial charge in [0.1, 0.15) is 12.4 Å². The molecule has 0 aliphatic carbocycles. The molecule has 1 aliphatic rings. The fraction of sp³-hybridized carbons (Fsp3) is 0.312. The zero-order valence-electron chi connectivity index (χ0n) is 11.7. The zero-order chi connectivity index (χ0) is 14.5. The zero-order valence-corrected chi connectivity index (χ0v) is 11.7. The number of carbonyl (C=O) groups is 1. The van der Waals surface area contributed by atoms with Crippen LogP contribution in [-0.2, 0) is 6.61 Å². The fourth-order valence-corrected chi connectivity index (χ4v) is 2.36. The van der Waals surface area contributed by atoms with Crippen LogP contribution in [0.15, 0.2) is 47.1 Å². The number of nitrogens with one attached hydrogen (secondary N) is 2. The number of rotatable bonds is 5. The average Bonchev–Trinajstić information content (AvgIpc) is 3.17. The molecule has 1 saturated heterocycles. The summed E-state index contributed by atoms with van der Waals surface area (Å²) in [5.74, 6) is 0.920. The first-order valence-corrected chi connectivity index (χ1v) is 7.09. The summed E-state index contributed by atoms with van der Waals surface area (Å²) in [6.07, 6.45) is 2.47. The molecular weight excluding hydrogens is 268 g/mol. The van der Waals surface area contributed by atoms with Gasteiger partial charge in [-0.1, -0.05) is 18.2 Å². The molecule has 110 valence electrons. The van der Waals surface area contributed by atoms with Gasteiger partial charge < -0.3 is 19.8 Å². The minimum absolute atomic E-state index is 0.172. The lowest BCUT2D eigenvalue weighted by molar-refractivity contribution is 0.0908. The van der Waals surface area contributed by atoms with Gasteiger partial charge in [0.05, 0.1) is 6.26 Å². The predicted molar refractivity (Wildman–Crippen MR) is 78.2 cm³/mol. The van der Waals surface area contributed by atoms with Crippen LogP contribution in [0.2, 0.25) is 0 Å². The van der Waals surface area contributed by atoms with Crippen LogP contribution in [0.3, 0.4) is 0 Å². The van der Waals surface area contributed by atoms with E-state index in [1.165, 1.54) is 6.26 Å². The van der Waals surface area contributed by atoms with Gasteiger partial charge in [-0.3, -0.25) is 4.79 Å². The van der Waals surface area contributed by atoms with Crippen LogP contribution in [0, 0.1) is 0 Å². The van der Waals surface area contributed by atoms with Crippen molar-refractivity contribution in [2.24, 2.45) is 0 Å². The van der Waals surface area contributed by atoms with Crippen molar-refractivity contribution in [2.75, 3.05) is 13.1 Å². The van der Waals surface area contributed by atoms with Crippen LogP contribution in [0.1, 0.15) is 22.5 Å². The largest absolute Gasteiger partial charge is 0.489 e. The summed E-state index contributed by atoms with van der Waals surface area (Å²) in [5.41, 5.74) is 0.752. The normalized spacial score (nSPS) is 17.6. The van der Waals surface area contributed by atoms with E-state index >= 15 is 0 Å². The first-order valence-electron chi connectivity index (χ1n) is 7.09. The lowest BCUT2D eigenvalue weighted by Crippen LogP contribution is -2.36. The van der Waals surface area contributed by atoms with E-state index in [1.807, 2.05) is 30.3 Å². The number of furan rings is 1. The minimum atomic E-state index is -0.180. The number of para-hydroxylation sites is 1. The molecule has 1 aliphatic heterocycles. The highest BCUT2D eigenvalue weighted by Crippen LogP contribution is 2.16. The minimum Gasteiger partial charge on any atom is -0.489 e. The molecule has 0 saturated carbocycles. The summed E-state index contributed by atoms with van der Waals surface area (Å²) in [6, 6.07) is 11.4. The van der Waals surface area contributed by atoms with Crippen molar-refractivity contribution >= 4 is 5.91 Å². The highest BCUT2D eigenvalue weighted by molar-refractivity contribution is 5.93. The van der Waals surface area contributed by atoms with Gasteiger partial charge in [-0.15, -0.1) is 0 Å². The van der Waals surface area contributed by atoms with Gasteiger partial charge in [0.15, 0.2) is 5.76 Å². The second-order valence-electron chi connectivity index (χ2n) is 5.04. The maximum atomic E-state index is 12.2. The summed E-state index contributed by atoms with van der Waals surface area (Å²) >= 11 is 0. The third-order valence-corrected chi connectivity index (χ3v) is 3.49. The summed E-state index contributed by atoms with van der Waals surface area (Å²) in [6.45, 7) is 2.06. The molecule has 1 atom stereocenters. The Kier molecular flexibility index (Phi) is 4.21. The quantitative estimate of drug-likeness (QED) is 0.882. The molecule has 2 aromatic rings. The molecule has 2 N–H and O–H groups in total. The third kappa shape index (κ3) is 3.44. The first-order chi connectivity index (χ1) is 10.3. The highest BCUT2D eigenvalue weighted by Gasteiger charge is 2.21. The Labute approximate surface area is 123 Å². The molecule has 1 aromatic heterocycles. The number of amides is 1. The Bertz CT molecular complexity index is 589. The number of hydrogen-bond donors (Lipinski definition) is 2. The average molecular weight is 286 g/mol. The van der Waals surface area contributed by atoms with Crippen molar-refractivity contribution in [3.63, 3.8) is 0 Å². The molecule has 1 fully saturated rings. The van der Waals surface area contributed by atoms with Crippen molar-refractivity contribution in [1.29, 1.82) is 0 Å². The van der Waals surface area contributed by atoms with Gasteiger partial charge in [0.2, 0.25) is 0 Å². The summed E-state index contributed by atoms with van der Waals surface area (Å²) in [5, 5.41) is 6.18. The second-order valence-corrected chi connectivity index (χ2v) is 5.04. The molecule has 5 nitrogen and oxygen atoms in total. The van der Waals surface area contributed by atoms with Crippen LogP contribution < -0.4 is 15.4 Å². The maximum absolute atomic E-state index is 12.2. The lowest BCUT2D eigenvalue weighted by atomic mass is 10.2. The Morgan fingerprint density at radius 3 is 2.95 bits per heavy atom. The summed E-state index contributed by atoms with van der Waals surface area (Å²) in [4.78, 5) is 12.2. The first kappa shape index (κ1) is 13.7. The molecule has 1 aromatic carbocycles. The monoisotopic (exact) mass is 286 g/mol. The predicted octanol–water partition coefficient (Wildman–Crippen LogP) is 1.95. The van der Waals surface area contributed by atoms with E-state index in [-0.39, 0.29) is 11.9 Å². The van der Waals surface area contributed by atoms with Gasteiger partial charge >= 0.3 is 0 Å². The Morgan fingerprint density at radius 2 is 2.19 bits per heavy atom. The van der Waals surface area contributed by atoms with E-state index < -0.39 is 0 Å². The van der Waals surface area contributed by atoms with Crippen molar-refractivity contribution < 1.29 is 13.9 Å². The Balaban J connectivity index is 1.61. The van der Waals surface area contributed by atoms with Crippen LogP contribution in [-0.4, -0.2) is 25.0 Å². The van der Waals surface area contributed by atoms with Crippen LogP contribution in [0.25, 0.3) is 0 Å². The van der Waals surface area contributed by atoms with E-state index in [9.17, 15) is 4.79 Å². The fourth-order valence-electron chi connectivity index (χ4n) is 2.36. The summed E-state index contributed by atoms with van der Waals surface area (Å²) in [7, 11) is 0. The van der Waals surface area contributed by atoms with Crippen LogP contribution >= 0.6 is 0 Å². The van der Waals surface area contributed by atoms with Gasteiger partial charge in [-0.25, -0.2) is 0 Å². The van der Waals surface area contributed by atoms with Gasteiger partial charge in [0.25, 0.3) is 5.91 Å². The van der Waals surface area contributed by atoms with E-state index in [1.54, 1.807) is 6.07 Å². The van der Waals surface area contributed by atoms with E-state index in [0.29, 0.717) is 12.4 Å². The van der Waals surface area contributed by atoms with Gasteiger partial charge in [-0.05, 0) is 31.2 Å². The molecular formula is C16H18N2O3. The van der Waals surface area contributed by atoms with Crippen molar-refractivity contribution in [2.45, 2.75) is 19.1 Å². The van der Waals surface area contributed by atoms with Gasteiger partial charge in [-0.2, -0.15) is 0 Å². The van der Waals surface area contributed by atoms with Crippen LogP contribution in [0.4, 0.5) is 0 Å². The lowest BCUT2D eigenvalue weighted by Gasteiger charge is -2.11. The molecule has 5 heteroatoms. The highest BCUT2D eigenvalue weighted by atomic mass is 16.5. The van der Waals surface area contributed by atoms with E-state index in [4.69, 9.17) is 9.15 Å². The van der Waals surface area contributed by atoms with Crippen molar-refractivity contribution in [3.05, 3.63) is 54.0 Å². The van der Waals surface area contributed by atoms with E-state index in [2.05, 4.69) is 10.6 Å². The summed E-state index contributed by atoms with van der Waals surface area (Å²) < 4.78 is 11.0. The molecule has 3 rings (SSSR count). The van der Waals surface area contributed by atoms with Crippen molar-refractivity contribution in [3.8, 4) is 5.75 Å². The third-order valence-electron chi connectivity index (χ3n) is 3.49. The molecule has 0 bridgehead atoms. The molecule has 2 heterocycles. The smallest absolute Gasteiger partial charge is 0.287 e. The number of benzene rings is 1. The molecule has 1 amide bonds. The standard InChI is InChI=1S/C16H18N2O3/c19-16(18-13-6-8-17-10-13)15-12(7-9-20-15)11-21-14-4-2-1-3-5-14/h1-5,7,9,13,17H,6,8,10-11H2,(H,18,19). The second kappa shape index (κ2) is 6.45. The topological polar surface area (TPSA) is 63.5 Å². The van der Waals surface area contributed by atoms with Crippen molar-refractivity contribution in [1.82, 2.24) is 10.6 Å². The van der Waals surface area contributed by atoms with Crippen LogP contribution in [0.5, 0.6) is 5.75 Å². The number of ether oxygens (including phenoxy) is 1. The SMILES string of the molecule is O=C(NC1CCNC1)c1occc1COc1ccccc1. The Hall–Kier alpha value is -2.27.